The van der Waals surface area contributed by atoms with Crippen molar-refractivity contribution in [3.63, 3.8) is 0 Å². The molecule has 0 aliphatic carbocycles. The Kier molecular flexibility index (Phi) is 13.8. The second kappa shape index (κ2) is 17.8. The average molecular weight is 645 g/mol. The number of benzene rings is 4. The molecule has 4 aromatic carbocycles. The summed E-state index contributed by atoms with van der Waals surface area (Å²) in [6, 6.07) is 29.9. The minimum atomic E-state index is 0.655. The summed E-state index contributed by atoms with van der Waals surface area (Å²) in [4.78, 5) is 22.4. The number of amides is 1. The molecule has 0 unspecified atom stereocenters. The first-order valence-corrected chi connectivity index (χ1v) is 14.6. The van der Waals surface area contributed by atoms with Gasteiger partial charge in [0.25, 0.3) is 0 Å². The van der Waals surface area contributed by atoms with E-state index in [9.17, 15) is 9.59 Å². The smallest absolute Gasteiger partial charge is 0.209 e. The van der Waals surface area contributed by atoms with Crippen LogP contribution in [0.15, 0.2) is 102 Å². The van der Waals surface area contributed by atoms with Crippen molar-refractivity contribution in [2.24, 2.45) is 0 Å². The summed E-state index contributed by atoms with van der Waals surface area (Å²) in [6.45, 7) is 1.95. The summed E-state index contributed by atoms with van der Waals surface area (Å²) in [5.74, 6) is 12.2. The summed E-state index contributed by atoms with van der Waals surface area (Å²) < 4.78 is 1.06. The van der Waals surface area contributed by atoms with Crippen molar-refractivity contribution in [3.05, 3.63) is 139 Å². The third-order valence-corrected chi connectivity index (χ3v) is 6.85. The van der Waals surface area contributed by atoms with Crippen LogP contribution in [0.3, 0.4) is 0 Å². The Morgan fingerprint density at radius 1 is 0.561 bits per heavy atom. The van der Waals surface area contributed by atoms with Gasteiger partial charge in [0.15, 0.2) is 0 Å². The Labute approximate surface area is 260 Å². The van der Waals surface area contributed by atoms with Crippen molar-refractivity contribution in [2.45, 2.75) is 19.3 Å². The van der Waals surface area contributed by atoms with Crippen LogP contribution in [0, 0.1) is 23.7 Å². The Morgan fingerprint density at radius 3 is 1.27 bits per heavy atom. The normalized spacial score (nSPS) is 11.5. The predicted octanol–water partition coefficient (Wildman–Crippen LogP) is 8.68. The van der Waals surface area contributed by atoms with Gasteiger partial charge >= 0.3 is 0 Å². The molecule has 0 spiro atoms. The van der Waals surface area contributed by atoms with Gasteiger partial charge in [-0.2, -0.15) is 0 Å². The molecule has 1 amide bonds. The lowest BCUT2D eigenvalue weighted by Crippen LogP contribution is -2.27. The van der Waals surface area contributed by atoms with Crippen molar-refractivity contribution in [1.82, 2.24) is 4.90 Å². The van der Waals surface area contributed by atoms with E-state index < -0.39 is 0 Å². The summed E-state index contributed by atoms with van der Waals surface area (Å²) in [6.07, 6.45) is 5.44. The highest BCUT2D eigenvalue weighted by Crippen LogP contribution is 2.12. The van der Waals surface area contributed by atoms with Crippen molar-refractivity contribution < 1.29 is 9.59 Å². The fourth-order valence-corrected chi connectivity index (χ4v) is 4.07. The zero-order chi connectivity index (χ0) is 29.3. The third kappa shape index (κ3) is 12.5. The van der Waals surface area contributed by atoms with Crippen LogP contribution in [0.4, 0.5) is 0 Å². The molecule has 1 fully saturated rings. The Bertz CT molecular complexity index is 1460. The van der Waals surface area contributed by atoms with Gasteiger partial charge in [-0.05, 0) is 104 Å². The average Bonchev–Trinajstić information content (AvgIpc) is 3.02. The van der Waals surface area contributed by atoms with Crippen LogP contribution < -0.4 is 0 Å². The molecule has 0 saturated carbocycles. The second-order valence-electron chi connectivity index (χ2n) is 8.96. The first-order chi connectivity index (χ1) is 19.9. The molecule has 0 atom stereocenters. The fraction of sp³-hybridized carbons (Fsp3) is 0.143. The van der Waals surface area contributed by atoms with E-state index in [-0.39, 0.29) is 0 Å². The zero-order valence-electron chi connectivity index (χ0n) is 22.3. The fourth-order valence-electron chi connectivity index (χ4n) is 3.56. The van der Waals surface area contributed by atoms with Crippen LogP contribution in [0.25, 0.3) is 0 Å². The Morgan fingerprint density at radius 2 is 0.927 bits per heavy atom. The summed E-state index contributed by atoms with van der Waals surface area (Å²) >= 11 is 15.0. The van der Waals surface area contributed by atoms with Crippen LogP contribution in [-0.2, 0) is 4.79 Å². The molecule has 0 bridgehead atoms. The largest absolute Gasteiger partial charge is 0.345 e. The quantitative estimate of drug-likeness (QED) is 0.162. The molecule has 6 heteroatoms. The number of aldehydes is 1. The molecule has 0 radical (unpaired) electrons. The number of carbonyl (C=O) groups is 2. The van der Waals surface area contributed by atoms with E-state index in [1.807, 2.05) is 77.7 Å². The van der Waals surface area contributed by atoms with E-state index in [0.717, 1.165) is 57.5 Å². The summed E-state index contributed by atoms with van der Waals surface area (Å²) in [5, 5.41) is 1.43. The number of likely N-dealkylation sites (tertiary alicyclic amines) is 1. The first-order valence-electron chi connectivity index (χ1n) is 13.0. The minimum Gasteiger partial charge on any atom is -0.345 e. The lowest BCUT2D eigenvalue weighted by molar-refractivity contribution is -0.118. The van der Waals surface area contributed by atoms with E-state index in [0.29, 0.717) is 10.6 Å². The van der Waals surface area contributed by atoms with Gasteiger partial charge in [0.05, 0.1) is 0 Å². The monoisotopic (exact) mass is 643 g/mol. The number of hydrogen-bond donors (Lipinski definition) is 0. The van der Waals surface area contributed by atoms with Crippen molar-refractivity contribution in [1.29, 1.82) is 0 Å². The molecule has 1 heterocycles. The maximum Gasteiger partial charge on any atom is 0.209 e. The van der Waals surface area contributed by atoms with Crippen LogP contribution >= 0.6 is 39.1 Å². The van der Waals surface area contributed by atoms with E-state index in [1.54, 1.807) is 24.3 Å². The van der Waals surface area contributed by atoms with E-state index in [2.05, 4.69) is 39.6 Å². The Balaban J connectivity index is 0.000000180. The standard InChI is InChI=1S/C15H9ClO.C14H8BrCl.C6H11NO/c16-15-9-7-13(8-10-15)2-1-12-3-5-14(11-17)6-4-12;15-13-7-3-11(4-8-13)1-2-12-5-9-14(16)10-6-12;8-6-7-4-2-1-3-5-7/h3-11H;3-10H;6H,1-5H2. The highest BCUT2D eigenvalue weighted by Gasteiger charge is 2.05. The number of nitrogens with zero attached hydrogens (tertiary/aromatic N) is 1. The van der Waals surface area contributed by atoms with Crippen molar-refractivity contribution in [3.8, 4) is 23.7 Å². The van der Waals surface area contributed by atoms with Gasteiger partial charge in [-0.1, -0.05) is 74.9 Å². The van der Waals surface area contributed by atoms with E-state index in [1.165, 1.54) is 19.3 Å². The van der Waals surface area contributed by atoms with Gasteiger partial charge in [-0.15, -0.1) is 0 Å². The lowest BCUT2D eigenvalue weighted by atomic mass is 10.1. The highest BCUT2D eigenvalue weighted by atomic mass is 79.9. The molecule has 1 saturated heterocycles. The molecule has 3 nitrogen and oxygen atoms in total. The topological polar surface area (TPSA) is 37.4 Å². The van der Waals surface area contributed by atoms with Crippen LogP contribution in [-0.4, -0.2) is 30.7 Å². The first kappa shape index (κ1) is 31.7. The molecular formula is C35H28BrCl2NO2. The molecule has 0 aromatic heterocycles. The maximum absolute atomic E-state index is 10.5. The molecule has 4 aromatic rings. The van der Waals surface area contributed by atoms with Gasteiger partial charge < -0.3 is 4.90 Å². The Hall–Kier alpha value is -3.80. The van der Waals surface area contributed by atoms with E-state index >= 15 is 0 Å². The third-order valence-electron chi connectivity index (χ3n) is 5.82. The van der Waals surface area contributed by atoms with Crippen LogP contribution in [0.5, 0.6) is 0 Å². The SMILES string of the molecule is Clc1ccc(C#Cc2ccc(Br)cc2)cc1.O=CN1CCCCC1.O=Cc1ccc(C#Cc2ccc(Cl)cc2)cc1. The number of halogens is 3. The van der Waals surface area contributed by atoms with Gasteiger partial charge in [0.2, 0.25) is 6.41 Å². The van der Waals surface area contributed by atoms with Gasteiger partial charge in [0.1, 0.15) is 6.29 Å². The van der Waals surface area contributed by atoms with Gasteiger partial charge in [0, 0.05) is 55.4 Å². The highest BCUT2D eigenvalue weighted by molar-refractivity contribution is 9.10. The lowest BCUT2D eigenvalue weighted by Gasteiger charge is -2.21. The zero-order valence-corrected chi connectivity index (χ0v) is 25.4. The molecular weight excluding hydrogens is 617 g/mol. The molecule has 1 aliphatic rings. The van der Waals surface area contributed by atoms with Crippen LogP contribution in [0.2, 0.25) is 10.0 Å². The molecule has 206 valence electrons. The number of rotatable bonds is 2. The minimum absolute atomic E-state index is 0.655. The number of carbonyl (C=O) groups excluding carboxylic acids is 2. The molecule has 41 heavy (non-hydrogen) atoms. The molecule has 5 rings (SSSR count). The number of piperidine rings is 1. The molecule has 0 N–H and O–H groups in total. The van der Waals surface area contributed by atoms with Crippen molar-refractivity contribution in [2.75, 3.05) is 13.1 Å². The molecule has 1 aliphatic heterocycles. The second-order valence-corrected chi connectivity index (χ2v) is 10.8. The van der Waals surface area contributed by atoms with Crippen LogP contribution in [0.1, 0.15) is 51.9 Å². The van der Waals surface area contributed by atoms with Gasteiger partial charge in [-0.25, -0.2) is 0 Å². The number of hydrogen-bond acceptors (Lipinski definition) is 2. The summed E-state index contributed by atoms with van der Waals surface area (Å²) in [5.41, 5.74) is 4.41. The summed E-state index contributed by atoms with van der Waals surface area (Å²) in [7, 11) is 0. The van der Waals surface area contributed by atoms with Gasteiger partial charge in [-0.3, -0.25) is 9.59 Å². The predicted molar refractivity (Wildman–Crippen MR) is 172 cm³/mol. The van der Waals surface area contributed by atoms with E-state index in [4.69, 9.17) is 23.2 Å². The van der Waals surface area contributed by atoms with Crippen molar-refractivity contribution >= 4 is 51.8 Å². The maximum atomic E-state index is 10.5.